The summed E-state index contributed by atoms with van der Waals surface area (Å²) in [4.78, 5) is 1.26. The summed E-state index contributed by atoms with van der Waals surface area (Å²) >= 11 is 13.5. The van der Waals surface area contributed by atoms with Crippen molar-refractivity contribution in [1.29, 1.82) is 0 Å². The van der Waals surface area contributed by atoms with Gasteiger partial charge < -0.3 is 5.73 Å². The van der Waals surface area contributed by atoms with E-state index in [-0.39, 0.29) is 6.04 Å². The quantitative estimate of drug-likeness (QED) is 0.860. The molecule has 16 heavy (non-hydrogen) atoms. The van der Waals surface area contributed by atoms with E-state index < -0.39 is 0 Å². The Hall–Kier alpha value is -0.540. The van der Waals surface area contributed by atoms with Crippen molar-refractivity contribution in [2.75, 3.05) is 0 Å². The Morgan fingerprint density at radius 1 is 1.12 bits per heavy atom. The lowest BCUT2D eigenvalue weighted by atomic mass is 10.0. The highest BCUT2D eigenvalue weighted by atomic mass is 35.5. The lowest BCUT2D eigenvalue weighted by molar-refractivity contribution is 0.876. The van der Waals surface area contributed by atoms with Crippen LogP contribution in [-0.2, 0) is 0 Å². The minimum atomic E-state index is -0.139. The molecule has 0 amide bonds. The molecule has 0 saturated heterocycles. The van der Waals surface area contributed by atoms with Crippen LogP contribution in [0.4, 0.5) is 0 Å². The summed E-state index contributed by atoms with van der Waals surface area (Å²) in [5, 5.41) is 3.17. The molecular weight excluding hydrogens is 261 g/mol. The summed E-state index contributed by atoms with van der Waals surface area (Å²) in [6, 6.07) is 7.46. The summed E-state index contributed by atoms with van der Waals surface area (Å²) in [6.07, 6.45) is 0. The van der Waals surface area contributed by atoms with Crippen LogP contribution in [0.2, 0.25) is 10.0 Å². The molecule has 1 atom stereocenters. The average Bonchev–Trinajstić information content (AvgIpc) is 2.68. The minimum Gasteiger partial charge on any atom is -0.320 e. The highest BCUT2D eigenvalue weighted by molar-refractivity contribution is 7.10. The van der Waals surface area contributed by atoms with Crippen LogP contribution < -0.4 is 5.73 Å². The molecule has 1 aromatic heterocycles. The van der Waals surface area contributed by atoms with E-state index in [1.54, 1.807) is 17.4 Å². The highest BCUT2D eigenvalue weighted by Gasteiger charge is 2.11. The molecule has 1 unspecified atom stereocenters. The molecule has 1 heterocycles. The first kappa shape index (κ1) is 11.9. The van der Waals surface area contributed by atoms with Crippen molar-refractivity contribution in [2.24, 2.45) is 5.73 Å². The van der Waals surface area contributed by atoms with Gasteiger partial charge in [-0.3, -0.25) is 0 Å². The van der Waals surface area contributed by atoms with Crippen LogP contribution in [0.3, 0.4) is 0 Å². The van der Waals surface area contributed by atoms with Gasteiger partial charge in [0.15, 0.2) is 0 Å². The molecule has 1 nitrogen and oxygen atoms in total. The zero-order valence-corrected chi connectivity index (χ0v) is 11.0. The Labute approximate surface area is 109 Å². The second-order valence-corrected chi connectivity index (χ2v) is 5.57. The first-order valence-corrected chi connectivity index (χ1v) is 6.47. The van der Waals surface area contributed by atoms with E-state index in [2.05, 4.69) is 18.4 Å². The van der Waals surface area contributed by atoms with Crippen LogP contribution in [0.1, 0.15) is 22.0 Å². The molecule has 0 fully saturated rings. The van der Waals surface area contributed by atoms with Gasteiger partial charge in [0.25, 0.3) is 0 Å². The van der Waals surface area contributed by atoms with Crippen molar-refractivity contribution in [2.45, 2.75) is 13.0 Å². The number of nitrogens with two attached hydrogens (primary N) is 1. The Balaban J connectivity index is 2.33. The molecule has 4 heteroatoms. The van der Waals surface area contributed by atoms with Crippen molar-refractivity contribution in [3.63, 3.8) is 0 Å². The first-order chi connectivity index (χ1) is 7.58. The van der Waals surface area contributed by atoms with Crippen molar-refractivity contribution in [1.82, 2.24) is 0 Å². The van der Waals surface area contributed by atoms with Crippen LogP contribution >= 0.6 is 34.5 Å². The van der Waals surface area contributed by atoms with Gasteiger partial charge in [-0.05, 0) is 41.6 Å². The van der Waals surface area contributed by atoms with Crippen LogP contribution in [-0.4, -0.2) is 0 Å². The Kier molecular flexibility index (Phi) is 3.55. The van der Waals surface area contributed by atoms with E-state index in [0.717, 1.165) is 11.1 Å². The van der Waals surface area contributed by atoms with Crippen molar-refractivity contribution < 1.29 is 0 Å². The van der Waals surface area contributed by atoms with Gasteiger partial charge in [-0.15, -0.1) is 11.3 Å². The van der Waals surface area contributed by atoms with E-state index in [0.29, 0.717) is 10.0 Å². The van der Waals surface area contributed by atoms with E-state index in [1.807, 2.05) is 12.1 Å². The van der Waals surface area contributed by atoms with Crippen molar-refractivity contribution >= 4 is 34.5 Å². The third-order valence-corrected chi connectivity index (χ3v) is 4.03. The molecule has 1 aromatic carbocycles. The van der Waals surface area contributed by atoms with Gasteiger partial charge in [-0.25, -0.2) is 0 Å². The van der Waals surface area contributed by atoms with Gasteiger partial charge in [0.1, 0.15) is 0 Å². The van der Waals surface area contributed by atoms with Crippen LogP contribution in [0.15, 0.2) is 29.6 Å². The molecule has 84 valence electrons. The van der Waals surface area contributed by atoms with Crippen molar-refractivity contribution in [3.05, 3.63) is 55.7 Å². The van der Waals surface area contributed by atoms with E-state index in [9.17, 15) is 0 Å². The number of rotatable bonds is 2. The maximum atomic E-state index is 6.15. The first-order valence-electron chi connectivity index (χ1n) is 4.83. The molecule has 0 aliphatic heterocycles. The van der Waals surface area contributed by atoms with Crippen molar-refractivity contribution in [3.8, 4) is 0 Å². The largest absolute Gasteiger partial charge is 0.320 e. The Morgan fingerprint density at radius 2 is 1.88 bits per heavy atom. The average molecular weight is 272 g/mol. The molecule has 0 aliphatic rings. The molecule has 2 aromatic rings. The van der Waals surface area contributed by atoms with Crippen LogP contribution in [0.25, 0.3) is 0 Å². The third kappa shape index (κ3) is 2.41. The van der Waals surface area contributed by atoms with E-state index in [4.69, 9.17) is 28.9 Å². The summed E-state index contributed by atoms with van der Waals surface area (Å²) < 4.78 is 0. The standard InChI is InChI=1S/C12H11Cl2NS/c1-7-4-9(6-16-7)12(15)8-2-3-10(13)11(14)5-8/h2-6,12H,15H2,1H3. The third-order valence-electron chi connectivity index (χ3n) is 2.41. The molecule has 0 aliphatic carbocycles. The molecule has 2 N–H and O–H groups in total. The Morgan fingerprint density at radius 3 is 2.44 bits per heavy atom. The molecular formula is C12H11Cl2NS. The summed E-state index contributed by atoms with van der Waals surface area (Å²) in [6.45, 7) is 2.07. The second-order valence-electron chi connectivity index (χ2n) is 3.64. The van der Waals surface area contributed by atoms with Crippen LogP contribution in [0.5, 0.6) is 0 Å². The number of aryl methyl sites for hydroxylation is 1. The molecule has 0 saturated carbocycles. The van der Waals surface area contributed by atoms with Crippen LogP contribution in [0, 0.1) is 6.92 Å². The fourth-order valence-electron chi connectivity index (χ4n) is 1.53. The zero-order chi connectivity index (χ0) is 11.7. The second kappa shape index (κ2) is 4.76. The van der Waals surface area contributed by atoms with E-state index >= 15 is 0 Å². The summed E-state index contributed by atoms with van der Waals surface area (Å²) in [5.74, 6) is 0. The SMILES string of the molecule is Cc1cc(C(N)c2ccc(Cl)c(Cl)c2)cs1. The lowest BCUT2D eigenvalue weighted by Gasteiger charge is -2.11. The maximum absolute atomic E-state index is 6.15. The monoisotopic (exact) mass is 271 g/mol. The Bertz CT molecular complexity index is 507. The molecule has 0 bridgehead atoms. The fourth-order valence-corrected chi connectivity index (χ4v) is 2.57. The summed E-state index contributed by atoms with van der Waals surface area (Å²) in [5.41, 5.74) is 8.24. The van der Waals surface area contributed by atoms with Gasteiger partial charge in [0.2, 0.25) is 0 Å². The number of hydrogen-bond acceptors (Lipinski definition) is 2. The lowest BCUT2D eigenvalue weighted by Crippen LogP contribution is -2.10. The summed E-state index contributed by atoms with van der Waals surface area (Å²) in [7, 11) is 0. The van der Waals surface area contributed by atoms with Gasteiger partial charge in [0.05, 0.1) is 16.1 Å². The van der Waals surface area contributed by atoms with Gasteiger partial charge in [-0.2, -0.15) is 0 Å². The minimum absolute atomic E-state index is 0.139. The van der Waals surface area contributed by atoms with Gasteiger partial charge in [-0.1, -0.05) is 29.3 Å². The smallest absolute Gasteiger partial charge is 0.0595 e. The number of benzene rings is 1. The molecule has 0 radical (unpaired) electrons. The molecule has 2 rings (SSSR count). The number of thiophene rings is 1. The number of halogens is 2. The highest BCUT2D eigenvalue weighted by Crippen LogP contribution is 2.29. The zero-order valence-electron chi connectivity index (χ0n) is 8.71. The number of hydrogen-bond donors (Lipinski definition) is 1. The molecule has 0 spiro atoms. The normalized spacial score (nSPS) is 12.8. The fraction of sp³-hybridized carbons (Fsp3) is 0.167. The van der Waals surface area contributed by atoms with Gasteiger partial charge in [0, 0.05) is 4.88 Å². The van der Waals surface area contributed by atoms with Gasteiger partial charge >= 0.3 is 0 Å². The predicted molar refractivity (Wildman–Crippen MR) is 71.5 cm³/mol. The van der Waals surface area contributed by atoms with E-state index in [1.165, 1.54) is 4.88 Å². The topological polar surface area (TPSA) is 26.0 Å². The maximum Gasteiger partial charge on any atom is 0.0595 e. The predicted octanol–water partition coefficient (Wildman–Crippen LogP) is 4.41.